The molecule has 0 spiro atoms. The van der Waals surface area contributed by atoms with Crippen molar-refractivity contribution in [1.82, 2.24) is 0 Å². The Kier molecular flexibility index (Phi) is 1.81. The van der Waals surface area contributed by atoms with E-state index in [0.29, 0.717) is 0 Å². The average molecular weight is 130 g/mol. The first-order chi connectivity index (χ1) is 4.34. The van der Waals surface area contributed by atoms with Gasteiger partial charge in [-0.25, -0.2) is 0 Å². The summed E-state index contributed by atoms with van der Waals surface area (Å²) in [5, 5.41) is 1.20. The van der Waals surface area contributed by atoms with Gasteiger partial charge in [0.05, 0.1) is 0 Å². The summed E-state index contributed by atoms with van der Waals surface area (Å²) in [6, 6.07) is 0. The lowest BCUT2D eigenvalue weighted by atomic mass is 10.1. The number of allylic oxidation sites excluding steroid dienone is 4. The lowest BCUT2D eigenvalue weighted by Crippen LogP contribution is -2.02. The minimum absolute atomic E-state index is 0.857. The van der Waals surface area contributed by atoms with E-state index in [0.717, 1.165) is 12.0 Å². The molecule has 0 unspecified atom stereocenters. The molecule has 1 aliphatic rings. The van der Waals surface area contributed by atoms with Crippen LogP contribution < -0.4 is 0 Å². The molecule has 0 aromatic heterocycles. The van der Waals surface area contributed by atoms with Crippen molar-refractivity contribution in [1.29, 1.82) is 0 Å². The Morgan fingerprint density at radius 2 is 2.56 bits per heavy atom. The summed E-state index contributed by atoms with van der Waals surface area (Å²) in [4.78, 5) is 0. The molecule has 1 aliphatic carbocycles. The minimum Gasteiger partial charge on any atom is -0.0572 e. The maximum absolute atomic E-state index is 6.85. The molecular formula is C8H6Si. The second-order valence-electron chi connectivity index (χ2n) is 1.86. The maximum atomic E-state index is 6.85. The molecule has 0 heterocycles. The van der Waals surface area contributed by atoms with Crippen molar-refractivity contribution in [2.45, 2.75) is 6.42 Å². The van der Waals surface area contributed by atoms with E-state index in [1.807, 2.05) is 12.2 Å². The lowest BCUT2D eigenvalue weighted by Gasteiger charge is -2.03. The zero-order chi connectivity index (χ0) is 6.69. The zero-order valence-electron chi connectivity index (χ0n) is 5.07. The van der Waals surface area contributed by atoms with Crippen LogP contribution >= 0.6 is 0 Å². The van der Waals surface area contributed by atoms with Crippen LogP contribution in [0.25, 0.3) is 0 Å². The van der Waals surface area contributed by atoms with Crippen molar-refractivity contribution in [2.24, 2.45) is 0 Å². The highest BCUT2D eigenvalue weighted by molar-refractivity contribution is 6.45. The molecule has 0 nitrogen and oxygen atoms in total. The quantitative estimate of drug-likeness (QED) is 0.321. The molecule has 0 amide bonds. The van der Waals surface area contributed by atoms with Gasteiger partial charge >= 0.3 is 0 Å². The fraction of sp³-hybridized carbons (Fsp3) is 0.125. The van der Waals surface area contributed by atoms with Crippen molar-refractivity contribution in [3.8, 4) is 5.92 Å². The molecule has 9 heavy (non-hydrogen) atoms. The Morgan fingerprint density at radius 3 is 3.00 bits per heavy atom. The molecule has 0 bridgehead atoms. The summed E-state index contributed by atoms with van der Waals surface area (Å²) >= 11 is 0. The molecule has 0 aromatic rings. The van der Waals surface area contributed by atoms with Crippen LogP contribution in [-0.4, -0.2) is 15.0 Å². The number of hydrogen-bond donors (Lipinski definition) is 0. The molecule has 1 heteroatoms. The third-order valence-corrected chi connectivity index (χ3v) is 1.83. The summed E-state index contributed by atoms with van der Waals surface area (Å²) in [7, 11) is 1.80. The molecule has 1 rings (SSSR count). The predicted molar refractivity (Wildman–Crippen MR) is 41.2 cm³/mol. The van der Waals surface area contributed by atoms with E-state index in [4.69, 9.17) is 6.42 Å². The van der Waals surface area contributed by atoms with Gasteiger partial charge in [0.25, 0.3) is 0 Å². The van der Waals surface area contributed by atoms with E-state index in [1.165, 1.54) is 5.17 Å². The van der Waals surface area contributed by atoms with E-state index in [1.54, 1.807) is 9.85 Å². The molecule has 2 radical (unpaired) electrons. The molecular weight excluding hydrogens is 124 g/mol. The van der Waals surface area contributed by atoms with Gasteiger partial charge in [-0.1, -0.05) is 17.2 Å². The van der Waals surface area contributed by atoms with E-state index in [-0.39, 0.29) is 0 Å². The Bertz CT molecular complexity index is 225. The van der Waals surface area contributed by atoms with Crippen LogP contribution in [-0.2, 0) is 0 Å². The van der Waals surface area contributed by atoms with Crippen molar-refractivity contribution >= 4 is 15.0 Å². The Balaban J connectivity index is 2.91. The van der Waals surface area contributed by atoms with Gasteiger partial charge in [0.2, 0.25) is 0 Å². The van der Waals surface area contributed by atoms with Crippen LogP contribution in [0.5, 0.6) is 0 Å². The first kappa shape index (κ1) is 6.25. The Labute approximate surface area is 58.3 Å². The SMILES string of the molecule is [C]#CC1=CC=[C]CC1=[SiH2]. The summed E-state index contributed by atoms with van der Waals surface area (Å²) in [5.74, 6) is 2.36. The smallest absolute Gasteiger partial charge is 0.0238 e. The molecule has 0 aromatic carbocycles. The average Bonchev–Trinajstić information content (AvgIpc) is 1.89. The summed E-state index contributed by atoms with van der Waals surface area (Å²) in [5.41, 5.74) is 0.909. The zero-order valence-corrected chi connectivity index (χ0v) is 6.48. The van der Waals surface area contributed by atoms with Crippen LogP contribution in [0.1, 0.15) is 6.42 Å². The van der Waals surface area contributed by atoms with Crippen LogP contribution in [0.2, 0.25) is 0 Å². The van der Waals surface area contributed by atoms with Gasteiger partial charge in [-0.15, -0.1) is 0 Å². The first-order valence-electron chi connectivity index (χ1n) is 2.72. The van der Waals surface area contributed by atoms with E-state index in [9.17, 15) is 0 Å². The highest BCUT2D eigenvalue weighted by Crippen LogP contribution is 2.04. The first-order valence-corrected chi connectivity index (χ1v) is 3.43. The summed E-state index contributed by atoms with van der Waals surface area (Å²) in [6.45, 7) is 0. The molecule has 0 saturated heterocycles. The molecule has 0 N–H and O–H groups in total. The van der Waals surface area contributed by atoms with Gasteiger partial charge < -0.3 is 0 Å². The van der Waals surface area contributed by atoms with Gasteiger partial charge in [-0.2, -0.15) is 0 Å². The van der Waals surface area contributed by atoms with Crippen molar-refractivity contribution in [3.63, 3.8) is 0 Å². The standard InChI is InChI=1S/C8H6Si/c1-2-7-5-3-4-6-8(7)9/h3,5H,6,9H2. The van der Waals surface area contributed by atoms with E-state index >= 15 is 0 Å². The van der Waals surface area contributed by atoms with Crippen molar-refractivity contribution < 1.29 is 0 Å². The van der Waals surface area contributed by atoms with Gasteiger partial charge in [0.1, 0.15) is 0 Å². The number of hydrogen-bond acceptors (Lipinski definition) is 0. The minimum atomic E-state index is 0.857. The largest absolute Gasteiger partial charge is 0.0572 e. The maximum Gasteiger partial charge on any atom is 0.0238 e. The highest BCUT2D eigenvalue weighted by Gasteiger charge is 1.98. The van der Waals surface area contributed by atoms with Gasteiger partial charge in [0, 0.05) is 5.57 Å². The molecule has 0 atom stereocenters. The molecule has 0 fully saturated rings. The third kappa shape index (κ3) is 1.27. The van der Waals surface area contributed by atoms with Gasteiger partial charge in [-0.05, 0) is 34.9 Å². The summed E-state index contributed by atoms with van der Waals surface area (Å²) < 4.78 is 0. The van der Waals surface area contributed by atoms with E-state index < -0.39 is 0 Å². The summed E-state index contributed by atoms with van der Waals surface area (Å²) in [6.07, 6.45) is 14.4. The topological polar surface area (TPSA) is 0 Å². The van der Waals surface area contributed by atoms with Gasteiger partial charge in [0.15, 0.2) is 0 Å². The fourth-order valence-corrected chi connectivity index (χ4v) is 1.02. The Hall–Kier alpha value is -0.873. The van der Waals surface area contributed by atoms with Crippen molar-refractivity contribution in [2.75, 3.05) is 0 Å². The molecule has 0 aliphatic heterocycles. The third-order valence-electron chi connectivity index (χ3n) is 1.20. The molecule has 0 saturated carbocycles. The van der Waals surface area contributed by atoms with Crippen LogP contribution in [0, 0.1) is 18.4 Å². The molecule has 42 valence electrons. The fourth-order valence-electron chi connectivity index (χ4n) is 0.668. The Morgan fingerprint density at radius 1 is 1.78 bits per heavy atom. The number of rotatable bonds is 0. The highest BCUT2D eigenvalue weighted by atomic mass is 28.1. The van der Waals surface area contributed by atoms with Crippen LogP contribution in [0.3, 0.4) is 0 Å². The van der Waals surface area contributed by atoms with E-state index in [2.05, 4.69) is 12.0 Å². The van der Waals surface area contributed by atoms with Crippen LogP contribution in [0.4, 0.5) is 0 Å². The second-order valence-corrected chi connectivity index (χ2v) is 2.71. The second kappa shape index (κ2) is 2.61. The lowest BCUT2D eigenvalue weighted by molar-refractivity contribution is 1.42. The monoisotopic (exact) mass is 130 g/mol. The van der Waals surface area contributed by atoms with Crippen LogP contribution in [0.15, 0.2) is 17.7 Å². The predicted octanol–water partition coefficient (Wildman–Crippen LogP) is 0.0712. The van der Waals surface area contributed by atoms with Crippen molar-refractivity contribution in [3.05, 3.63) is 30.2 Å². The van der Waals surface area contributed by atoms with Gasteiger partial charge in [-0.3, -0.25) is 0 Å². The normalized spacial score (nSPS) is 16.8.